The predicted molar refractivity (Wildman–Crippen MR) is 73.9 cm³/mol. The van der Waals surface area contributed by atoms with Crippen LogP contribution in [0.2, 0.25) is 0 Å². The number of hydrogen-bond acceptors (Lipinski definition) is 2. The first-order chi connectivity index (χ1) is 8.91. The number of hydrogen-bond donors (Lipinski definition) is 2. The topological polar surface area (TPSA) is 66.4 Å². The summed E-state index contributed by atoms with van der Waals surface area (Å²) in [6.45, 7) is 5.94. The first-order valence-corrected chi connectivity index (χ1v) is 6.48. The molecule has 104 valence electrons. The number of nitrogens with one attached hydrogen (secondary N) is 1. The van der Waals surface area contributed by atoms with Crippen molar-refractivity contribution >= 4 is 11.9 Å². The fraction of sp³-hybridized carbons (Fsp3) is 0.467. The number of carbonyl (C=O) groups excluding carboxylic acids is 1. The van der Waals surface area contributed by atoms with Crippen LogP contribution in [-0.4, -0.2) is 23.5 Å². The number of benzene rings is 1. The Morgan fingerprint density at radius 1 is 1.32 bits per heavy atom. The molecule has 0 spiro atoms. The zero-order valence-corrected chi connectivity index (χ0v) is 11.6. The van der Waals surface area contributed by atoms with Crippen molar-refractivity contribution in [1.82, 2.24) is 5.32 Å². The van der Waals surface area contributed by atoms with E-state index in [1.54, 1.807) is 13.8 Å². The van der Waals surface area contributed by atoms with Crippen LogP contribution in [0.5, 0.6) is 0 Å². The molecule has 0 bridgehead atoms. The van der Waals surface area contributed by atoms with Gasteiger partial charge in [0.25, 0.3) is 0 Å². The van der Waals surface area contributed by atoms with Crippen LogP contribution in [0.15, 0.2) is 24.3 Å². The summed E-state index contributed by atoms with van der Waals surface area (Å²) in [6, 6.07) is 8.04. The highest BCUT2D eigenvalue weighted by Gasteiger charge is 2.28. The van der Waals surface area contributed by atoms with E-state index in [-0.39, 0.29) is 5.92 Å². The maximum absolute atomic E-state index is 11.8. The van der Waals surface area contributed by atoms with Crippen LogP contribution in [-0.2, 0) is 16.0 Å². The molecule has 1 unspecified atom stereocenters. The molecule has 0 aliphatic heterocycles. The number of rotatable bonds is 6. The summed E-state index contributed by atoms with van der Waals surface area (Å²) in [5.74, 6) is -2.66. The van der Waals surface area contributed by atoms with Gasteiger partial charge in [-0.2, -0.15) is 0 Å². The Bertz CT molecular complexity index is 454. The first-order valence-electron chi connectivity index (χ1n) is 6.48. The third-order valence-corrected chi connectivity index (χ3v) is 3.01. The smallest absolute Gasteiger partial charge is 0.316 e. The minimum Gasteiger partial charge on any atom is -0.481 e. The Balaban J connectivity index is 2.48. The van der Waals surface area contributed by atoms with Crippen molar-refractivity contribution in [3.63, 3.8) is 0 Å². The molecule has 0 saturated heterocycles. The van der Waals surface area contributed by atoms with Gasteiger partial charge < -0.3 is 10.4 Å². The lowest BCUT2D eigenvalue weighted by Gasteiger charge is -2.15. The molecular weight excluding hydrogens is 242 g/mol. The molecule has 4 nitrogen and oxygen atoms in total. The molecule has 0 fully saturated rings. The predicted octanol–water partition coefficient (Wildman–Crippen LogP) is 2.01. The average molecular weight is 263 g/mol. The van der Waals surface area contributed by atoms with Crippen LogP contribution in [0.1, 0.15) is 25.0 Å². The molecule has 1 amide bonds. The molecule has 1 atom stereocenters. The standard InChI is InChI=1S/C15H21NO3/c1-10(2)13(15(18)19)14(17)16-8-7-12-6-4-5-11(3)9-12/h4-6,9-10,13H,7-8H2,1-3H3,(H,16,17)(H,18,19). The molecule has 2 N–H and O–H groups in total. The van der Waals surface area contributed by atoms with Gasteiger partial charge in [0.15, 0.2) is 0 Å². The van der Waals surface area contributed by atoms with Gasteiger partial charge in [0.1, 0.15) is 5.92 Å². The lowest BCUT2D eigenvalue weighted by molar-refractivity contribution is -0.148. The maximum atomic E-state index is 11.8. The van der Waals surface area contributed by atoms with E-state index >= 15 is 0 Å². The van der Waals surface area contributed by atoms with Crippen molar-refractivity contribution in [2.75, 3.05) is 6.54 Å². The number of aryl methyl sites for hydroxylation is 1. The van der Waals surface area contributed by atoms with Crippen LogP contribution in [0, 0.1) is 18.8 Å². The lowest BCUT2D eigenvalue weighted by atomic mass is 9.95. The van der Waals surface area contributed by atoms with E-state index in [2.05, 4.69) is 11.4 Å². The Hall–Kier alpha value is -1.84. The zero-order valence-electron chi connectivity index (χ0n) is 11.6. The molecule has 0 heterocycles. The maximum Gasteiger partial charge on any atom is 0.316 e. The van der Waals surface area contributed by atoms with Crippen LogP contribution in [0.25, 0.3) is 0 Å². The fourth-order valence-electron chi connectivity index (χ4n) is 2.01. The van der Waals surface area contributed by atoms with Crippen LogP contribution in [0.4, 0.5) is 0 Å². The van der Waals surface area contributed by atoms with Crippen molar-refractivity contribution in [2.24, 2.45) is 11.8 Å². The Morgan fingerprint density at radius 2 is 2.00 bits per heavy atom. The van der Waals surface area contributed by atoms with Crippen molar-refractivity contribution < 1.29 is 14.7 Å². The van der Waals surface area contributed by atoms with Gasteiger partial charge in [-0.25, -0.2) is 0 Å². The lowest BCUT2D eigenvalue weighted by Crippen LogP contribution is -2.39. The highest BCUT2D eigenvalue weighted by Crippen LogP contribution is 2.11. The number of carboxylic acid groups (broad SMARTS) is 1. The van der Waals surface area contributed by atoms with Gasteiger partial charge in [-0.1, -0.05) is 43.7 Å². The summed E-state index contributed by atoms with van der Waals surface area (Å²) >= 11 is 0. The Labute approximate surface area is 113 Å². The second-order valence-corrected chi connectivity index (χ2v) is 5.09. The Morgan fingerprint density at radius 3 is 2.53 bits per heavy atom. The fourth-order valence-corrected chi connectivity index (χ4v) is 2.01. The van der Waals surface area contributed by atoms with Crippen LogP contribution in [0.3, 0.4) is 0 Å². The Kier molecular flexibility index (Phi) is 5.55. The highest BCUT2D eigenvalue weighted by molar-refractivity contribution is 5.97. The molecule has 1 aromatic carbocycles. The molecule has 4 heteroatoms. The second kappa shape index (κ2) is 6.92. The van der Waals surface area contributed by atoms with Crippen molar-refractivity contribution in [2.45, 2.75) is 27.2 Å². The van der Waals surface area contributed by atoms with E-state index in [9.17, 15) is 9.59 Å². The summed E-state index contributed by atoms with van der Waals surface area (Å²) in [6.07, 6.45) is 0.706. The summed E-state index contributed by atoms with van der Waals surface area (Å²) in [5.41, 5.74) is 2.31. The molecule has 0 aliphatic rings. The third kappa shape index (κ3) is 4.73. The molecule has 0 aliphatic carbocycles. The van der Waals surface area contributed by atoms with Crippen molar-refractivity contribution in [1.29, 1.82) is 0 Å². The zero-order chi connectivity index (χ0) is 14.4. The van der Waals surface area contributed by atoms with E-state index in [1.807, 2.05) is 25.1 Å². The molecule has 0 saturated carbocycles. The van der Waals surface area contributed by atoms with E-state index in [0.717, 1.165) is 5.56 Å². The minimum atomic E-state index is -1.07. The molecule has 1 aromatic rings. The molecule has 19 heavy (non-hydrogen) atoms. The summed E-state index contributed by atoms with van der Waals surface area (Å²) in [5, 5.41) is 11.7. The largest absolute Gasteiger partial charge is 0.481 e. The molecule has 0 aromatic heterocycles. The van der Waals surface area contributed by atoms with E-state index in [0.29, 0.717) is 13.0 Å². The van der Waals surface area contributed by atoms with Gasteiger partial charge in [-0.15, -0.1) is 0 Å². The number of amides is 1. The SMILES string of the molecule is Cc1cccc(CCNC(=O)C(C(=O)O)C(C)C)c1. The van der Waals surface area contributed by atoms with Gasteiger partial charge in [-0.3, -0.25) is 9.59 Å². The van der Waals surface area contributed by atoms with Crippen molar-refractivity contribution in [3.8, 4) is 0 Å². The average Bonchev–Trinajstić information content (AvgIpc) is 2.27. The molecule has 1 rings (SSSR count). The van der Waals surface area contributed by atoms with Crippen molar-refractivity contribution in [3.05, 3.63) is 35.4 Å². The van der Waals surface area contributed by atoms with E-state index < -0.39 is 17.8 Å². The van der Waals surface area contributed by atoms with Crippen LogP contribution < -0.4 is 5.32 Å². The van der Waals surface area contributed by atoms with Gasteiger partial charge in [0.2, 0.25) is 5.91 Å². The summed E-state index contributed by atoms with van der Waals surface area (Å²) < 4.78 is 0. The summed E-state index contributed by atoms with van der Waals surface area (Å²) in [4.78, 5) is 22.8. The number of carboxylic acids is 1. The second-order valence-electron chi connectivity index (χ2n) is 5.09. The quantitative estimate of drug-likeness (QED) is 0.772. The van der Waals surface area contributed by atoms with Gasteiger partial charge >= 0.3 is 5.97 Å². The van der Waals surface area contributed by atoms with Gasteiger partial charge in [0.05, 0.1) is 0 Å². The van der Waals surface area contributed by atoms with Gasteiger partial charge in [0, 0.05) is 6.54 Å². The van der Waals surface area contributed by atoms with Crippen LogP contribution >= 0.6 is 0 Å². The number of aliphatic carboxylic acids is 1. The monoisotopic (exact) mass is 263 g/mol. The number of carbonyl (C=O) groups is 2. The molecular formula is C15H21NO3. The third-order valence-electron chi connectivity index (χ3n) is 3.01. The highest BCUT2D eigenvalue weighted by atomic mass is 16.4. The van der Waals surface area contributed by atoms with E-state index in [4.69, 9.17) is 5.11 Å². The molecule has 0 radical (unpaired) electrons. The minimum absolute atomic E-state index is 0.212. The van der Waals surface area contributed by atoms with Gasteiger partial charge in [-0.05, 0) is 24.8 Å². The first kappa shape index (κ1) is 15.2. The van der Waals surface area contributed by atoms with E-state index in [1.165, 1.54) is 5.56 Å². The summed E-state index contributed by atoms with van der Waals surface area (Å²) in [7, 11) is 0. The normalized spacial score (nSPS) is 12.2.